The molecule has 58 valence electrons. The van der Waals surface area contributed by atoms with Gasteiger partial charge in [-0.25, -0.2) is 0 Å². The van der Waals surface area contributed by atoms with E-state index < -0.39 is 6.17 Å². The van der Waals surface area contributed by atoms with Crippen molar-refractivity contribution in [2.45, 2.75) is 12.6 Å². The van der Waals surface area contributed by atoms with Crippen LogP contribution in [0.2, 0.25) is 0 Å². The normalized spacial score (nSPS) is 9.00. The molecule has 0 heterocycles. The van der Waals surface area contributed by atoms with E-state index in [1.165, 1.54) is 0 Å². The maximum absolute atomic E-state index is 9.82. The van der Waals surface area contributed by atoms with Crippen LogP contribution in [0.3, 0.4) is 0 Å². The summed E-state index contributed by atoms with van der Waals surface area (Å²) < 4.78 is 0. The first-order chi connectivity index (χ1) is 4.85. The zero-order chi connectivity index (χ0) is 7.82. The fourth-order valence-corrected chi connectivity index (χ4v) is 0.508. The number of hydrogen-bond acceptors (Lipinski definition) is 3. The van der Waals surface area contributed by atoms with E-state index in [2.05, 4.69) is 10.6 Å². The van der Waals surface area contributed by atoms with E-state index in [0.717, 1.165) is 0 Å². The van der Waals surface area contributed by atoms with Crippen molar-refractivity contribution in [2.24, 2.45) is 0 Å². The standard InChI is InChI=1S/C5H10N2O3/c8-2-1-5(6-3-9)7-4-10/h3-5,8H,1-2H2,(H,6,9)(H,7,10). The highest BCUT2D eigenvalue weighted by atomic mass is 16.3. The minimum atomic E-state index is -0.458. The van der Waals surface area contributed by atoms with Crippen LogP contribution in [0.5, 0.6) is 0 Å². The van der Waals surface area contributed by atoms with Crippen molar-refractivity contribution in [3.05, 3.63) is 0 Å². The summed E-state index contributed by atoms with van der Waals surface area (Å²) in [6.07, 6.45) is 0.797. The third kappa shape index (κ3) is 3.85. The van der Waals surface area contributed by atoms with Crippen molar-refractivity contribution in [2.75, 3.05) is 6.61 Å². The molecule has 0 aromatic carbocycles. The summed E-state index contributed by atoms with van der Waals surface area (Å²) in [5, 5.41) is 13.0. The van der Waals surface area contributed by atoms with Gasteiger partial charge in [-0.15, -0.1) is 0 Å². The molecule has 0 radical (unpaired) electrons. The third-order valence-electron chi connectivity index (χ3n) is 0.956. The lowest BCUT2D eigenvalue weighted by Gasteiger charge is -2.12. The van der Waals surface area contributed by atoms with Crippen LogP contribution in [-0.2, 0) is 9.59 Å². The Kier molecular flexibility index (Phi) is 5.36. The van der Waals surface area contributed by atoms with E-state index >= 15 is 0 Å². The Labute approximate surface area is 58.4 Å². The molecule has 10 heavy (non-hydrogen) atoms. The molecular formula is C5H10N2O3. The molecule has 0 aliphatic heterocycles. The second kappa shape index (κ2) is 6.03. The summed E-state index contributed by atoms with van der Waals surface area (Å²) in [7, 11) is 0. The van der Waals surface area contributed by atoms with E-state index in [4.69, 9.17) is 5.11 Å². The van der Waals surface area contributed by atoms with Crippen molar-refractivity contribution in [1.82, 2.24) is 10.6 Å². The Bertz CT molecular complexity index is 97.1. The molecule has 2 amide bonds. The van der Waals surface area contributed by atoms with Crippen molar-refractivity contribution in [1.29, 1.82) is 0 Å². The fraction of sp³-hybridized carbons (Fsp3) is 0.600. The predicted octanol–water partition coefficient (Wildman–Crippen LogP) is -1.81. The summed E-state index contributed by atoms with van der Waals surface area (Å²) >= 11 is 0. The first kappa shape index (κ1) is 8.90. The van der Waals surface area contributed by atoms with Gasteiger partial charge < -0.3 is 15.7 Å². The quantitative estimate of drug-likeness (QED) is 0.305. The van der Waals surface area contributed by atoms with E-state index in [-0.39, 0.29) is 6.61 Å². The molecule has 0 aromatic rings. The number of nitrogens with one attached hydrogen (secondary N) is 2. The Morgan fingerprint density at radius 2 is 1.80 bits per heavy atom. The molecule has 0 bridgehead atoms. The van der Waals surface area contributed by atoms with Gasteiger partial charge in [0.15, 0.2) is 0 Å². The Morgan fingerprint density at radius 3 is 2.10 bits per heavy atom. The number of aliphatic hydroxyl groups excluding tert-OH is 1. The number of hydrogen-bond donors (Lipinski definition) is 3. The second-order valence-corrected chi connectivity index (χ2v) is 1.63. The number of rotatable bonds is 6. The van der Waals surface area contributed by atoms with Gasteiger partial charge >= 0.3 is 0 Å². The SMILES string of the molecule is O=CNC(CCO)NC=O. The molecule has 0 aliphatic rings. The predicted molar refractivity (Wildman–Crippen MR) is 33.9 cm³/mol. The van der Waals surface area contributed by atoms with E-state index in [1.54, 1.807) is 0 Å². The van der Waals surface area contributed by atoms with Crippen LogP contribution in [0.15, 0.2) is 0 Å². The molecule has 5 nitrogen and oxygen atoms in total. The molecular weight excluding hydrogens is 136 g/mol. The van der Waals surface area contributed by atoms with Crippen LogP contribution < -0.4 is 10.6 Å². The zero-order valence-corrected chi connectivity index (χ0v) is 5.41. The highest BCUT2D eigenvalue weighted by Gasteiger charge is 2.01. The number of amides is 2. The van der Waals surface area contributed by atoms with Gasteiger partial charge in [0.1, 0.15) is 6.17 Å². The molecule has 3 N–H and O–H groups in total. The summed E-state index contributed by atoms with van der Waals surface area (Å²) in [5.41, 5.74) is 0. The van der Waals surface area contributed by atoms with Crippen LogP contribution in [0.25, 0.3) is 0 Å². The van der Waals surface area contributed by atoms with Crippen LogP contribution in [0.4, 0.5) is 0 Å². The fourth-order valence-electron chi connectivity index (χ4n) is 0.508. The molecule has 0 saturated heterocycles. The zero-order valence-electron chi connectivity index (χ0n) is 5.41. The number of carbonyl (C=O) groups is 2. The van der Waals surface area contributed by atoms with Crippen molar-refractivity contribution >= 4 is 12.8 Å². The highest BCUT2D eigenvalue weighted by molar-refractivity contribution is 5.50. The molecule has 0 spiro atoms. The van der Waals surface area contributed by atoms with E-state index in [9.17, 15) is 9.59 Å². The Morgan fingerprint density at radius 1 is 1.30 bits per heavy atom. The van der Waals surface area contributed by atoms with Gasteiger partial charge in [-0.2, -0.15) is 0 Å². The van der Waals surface area contributed by atoms with Crippen LogP contribution in [0, 0.1) is 0 Å². The smallest absolute Gasteiger partial charge is 0.208 e. The highest BCUT2D eigenvalue weighted by Crippen LogP contribution is 1.81. The first-order valence-corrected chi connectivity index (χ1v) is 2.85. The van der Waals surface area contributed by atoms with Gasteiger partial charge in [-0.3, -0.25) is 9.59 Å². The molecule has 0 rings (SSSR count). The summed E-state index contributed by atoms with van der Waals surface area (Å²) in [4.78, 5) is 19.6. The molecule has 0 unspecified atom stereocenters. The molecule has 0 fully saturated rings. The molecule has 0 atom stereocenters. The van der Waals surface area contributed by atoms with E-state index in [1.807, 2.05) is 0 Å². The largest absolute Gasteiger partial charge is 0.396 e. The maximum atomic E-state index is 9.82. The van der Waals surface area contributed by atoms with E-state index in [0.29, 0.717) is 19.2 Å². The molecule has 0 saturated carbocycles. The minimum absolute atomic E-state index is 0.0770. The van der Waals surface area contributed by atoms with Crippen molar-refractivity contribution in [3.8, 4) is 0 Å². The molecule has 5 heteroatoms. The Hall–Kier alpha value is -1.10. The average Bonchev–Trinajstić information content (AvgIpc) is 1.90. The lowest BCUT2D eigenvalue weighted by atomic mass is 10.3. The summed E-state index contributed by atoms with van der Waals surface area (Å²) in [6.45, 7) is -0.0770. The van der Waals surface area contributed by atoms with Gasteiger partial charge in [0, 0.05) is 13.0 Å². The van der Waals surface area contributed by atoms with Crippen molar-refractivity contribution < 1.29 is 14.7 Å². The summed E-state index contributed by atoms with van der Waals surface area (Å²) in [5.74, 6) is 0. The topological polar surface area (TPSA) is 78.4 Å². The second-order valence-electron chi connectivity index (χ2n) is 1.63. The van der Waals surface area contributed by atoms with Crippen molar-refractivity contribution in [3.63, 3.8) is 0 Å². The third-order valence-corrected chi connectivity index (χ3v) is 0.956. The number of aliphatic hydroxyl groups is 1. The lowest BCUT2D eigenvalue weighted by Crippen LogP contribution is -2.41. The van der Waals surface area contributed by atoms with Gasteiger partial charge in [0.05, 0.1) is 0 Å². The van der Waals surface area contributed by atoms with Crippen LogP contribution in [-0.4, -0.2) is 30.7 Å². The lowest BCUT2D eigenvalue weighted by molar-refractivity contribution is -0.112. The van der Waals surface area contributed by atoms with Gasteiger partial charge in [0.2, 0.25) is 12.8 Å². The first-order valence-electron chi connectivity index (χ1n) is 2.85. The van der Waals surface area contributed by atoms with Gasteiger partial charge in [-0.1, -0.05) is 0 Å². The maximum Gasteiger partial charge on any atom is 0.208 e. The van der Waals surface area contributed by atoms with Gasteiger partial charge in [0.25, 0.3) is 0 Å². The van der Waals surface area contributed by atoms with Crippen LogP contribution >= 0.6 is 0 Å². The minimum Gasteiger partial charge on any atom is -0.396 e. The monoisotopic (exact) mass is 146 g/mol. The Balaban J connectivity index is 3.48. The molecule has 0 aliphatic carbocycles. The number of carbonyl (C=O) groups excluding carboxylic acids is 2. The summed E-state index contributed by atoms with van der Waals surface area (Å²) in [6, 6.07) is 0. The van der Waals surface area contributed by atoms with Gasteiger partial charge in [-0.05, 0) is 0 Å². The van der Waals surface area contributed by atoms with Crippen LogP contribution in [0.1, 0.15) is 6.42 Å². The average molecular weight is 146 g/mol. The molecule has 0 aromatic heterocycles.